The van der Waals surface area contributed by atoms with Crippen molar-refractivity contribution in [3.05, 3.63) is 70.4 Å². The summed E-state index contributed by atoms with van der Waals surface area (Å²) < 4.78 is 0. The van der Waals surface area contributed by atoms with Crippen LogP contribution in [0.4, 0.5) is 11.5 Å². The standard InChI is InChI=1S/C28H36N6O/c1-18-14-22(15-19(2)26(18)34-12-10-33(5)11-13-34)25(29)16-23-24(17-31-27(23)30)20-6-8-21(9-7-20)28(35)32(3)4/h6-9,14-17,31H,10-13,29-30H2,1-5H3/b25-16-. The molecule has 0 aliphatic carbocycles. The summed E-state index contributed by atoms with van der Waals surface area (Å²) in [5.74, 6) is 0.527. The molecular formula is C28H36N6O. The topological polar surface area (TPSA) is 94.6 Å². The van der Waals surface area contributed by atoms with E-state index in [4.69, 9.17) is 11.5 Å². The number of aryl methyl sites for hydroxylation is 2. The predicted octanol–water partition coefficient (Wildman–Crippen LogP) is 3.79. The van der Waals surface area contributed by atoms with Crippen molar-refractivity contribution in [1.29, 1.82) is 0 Å². The van der Waals surface area contributed by atoms with Crippen molar-refractivity contribution >= 4 is 29.2 Å². The molecule has 0 atom stereocenters. The molecule has 0 bridgehead atoms. The largest absolute Gasteiger partial charge is 0.398 e. The summed E-state index contributed by atoms with van der Waals surface area (Å²) in [6, 6.07) is 11.9. The normalized spacial score (nSPS) is 14.9. The Hall–Kier alpha value is -3.71. The number of likely N-dealkylation sites (N-methyl/N-ethyl adjacent to an activating group) is 1. The van der Waals surface area contributed by atoms with Gasteiger partial charge in [0.25, 0.3) is 5.91 Å². The highest BCUT2D eigenvalue weighted by molar-refractivity contribution is 5.95. The van der Waals surface area contributed by atoms with Crippen LogP contribution < -0.4 is 16.4 Å². The van der Waals surface area contributed by atoms with Crippen molar-refractivity contribution in [3.63, 3.8) is 0 Å². The molecule has 184 valence electrons. The van der Waals surface area contributed by atoms with Crippen molar-refractivity contribution in [2.24, 2.45) is 5.73 Å². The minimum atomic E-state index is -0.0275. The smallest absolute Gasteiger partial charge is 0.253 e. The Morgan fingerprint density at radius 3 is 2.17 bits per heavy atom. The highest BCUT2D eigenvalue weighted by Gasteiger charge is 2.19. The summed E-state index contributed by atoms with van der Waals surface area (Å²) in [5.41, 5.74) is 21.7. The fraction of sp³-hybridized carbons (Fsp3) is 0.321. The number of H-pyrrole nitrogens is 1. The van der Waals surface area contributed by atoms with E-state index in [2.05, 4.69) is 47.8 Å². The van der Waals surface area contributed by atoms with Crippen LogP contribution in [0.15, 0.2) is 42.6 Å². The summed E-state index contributed by atoms with van der Waals surface area (Å²) in [7, 11) is 5.66. The fourth-order valence-corrected chi connectivity index (χ4v) is 4.79. The first-order valence-corrected chi connectivity index (χ1v) is 12.0. The number of carbonyl (C=O) groups excluding carboxylic acids is 1. The van der Waals surface area contributed by atoms with Crippen molar-refractivity contribution in [3.8, 4) is 11.1 Å². The molecule has 7 nitrogen and oxygen atoms in total. The first-order chi connectivity index (χ1) is 16.7. The van der Waals surface area contributed by atoms with Gasteiger partial charge < -0.3 is 31.2 Å². The molecule has 1 aliphatic heterocycles. The molecule has 0 unspecified atom stereocenters. The Morgan fingerprint density at radius 1 is 1.00 bits per heavy atom. The van der Waals surface area contributed by atoms with Gasteiger partial charge in [0.1, 0.15) is 5.82 Å². The lowest BCUT2D eigenvalue weighted by Gasteiger charge is -2.36. The van der Waals surface area contributed by atoms with Gasteiger partial charge in [-0.15, -0.1) is 0 Å². The summed E-state index contributed by atoms with van der Waals surface area (Å²) in [5, 5.41) is 0. The average Bonchev–Trinajstić information content (AvgIpc) is 3.19. The Balaban J connectivity index is 1.64. The Labute approximate surface area is 208 Å². The third-order valence-electron chi connectivity index (χ3n) is 6.75. The van der Waals surface area contributed by atoms with Gasteiger partial charge in [-0.2, -0.15) is 0 Å². The molecule has 4 rings (SSSR count). The number of nitrogens with zero attached hydrogens (tertiary/aromatic N) is 3. The van der Waals surface area contributed by atoms with E-state index in [-0.39, 0.29) is 5.91 Å². The number of benzene rings is 2. The van der Waals surface area contributed by atoms with Gasteiger partial charge in [-0.25, -0.2) is 0 Å². The fourth-order valence-electron chi connectivity index (χ4n) is 4.79. The van der Waals surface area contributed by atoms with Gasteiger partial charge in [-0.1, -0.05) is 12.1 Å². The maximum atomic E-state index is 12.2. The lowest BCUT2D eigenvalue weighted by molar-refractivity contribution is 0.0827. The van der Waals surface area contributed by atoms with Gasteiger partial charge in [0, 0.05) is 74.5 Å². The predicted molar refractivity (Wildman–Crippen MR) is 146 cm³/mol. The van der Waals surface area contributed by atoms with Gasteiger partial charge in [-0.3, -0.25) is 4.79 Å². The van der Waals surface area contributed by atoms with Crippen LogP contribution in [0.2, 0.25) is 0 Å². The molecule has 1 aliphatic rings. The van der Waals surface area contributed by atoms with E-state index >= 15 is 0 Å². The molecule has 3 aromatic rings. The van der Waals surface area contributed by atoms with Crippen LogP contribution in [0.3, 0.4) is 0 Å². The van der Waals surface area contributed by atoms with Crippen molar-refractivity contribution in [2.45, 2.75) is 13.8 Å². The number of piperazine rings is 1. The first-order valence-electron chi connectivity index (χ1n) is 12.0. The molecule has 0 spiro atoms. The van der Waals surface area contributed by atoms with Crippen molar-refractivity contribution in [1.82, 2.24) is 14.8 Å². The zero-order valence-electron chi connectivity index (χ0n) is 21.4. The molecule has 0 saturated carbocycles. The second-order valence-corrected chi connectivity index (χ2v) is 9.66. The lowest BCUT2D eigenvalue weighted by Crippen LogP contribution is -2.45. The van der Waals surface area contributed by atoms with Crippen LogP contribution >= 0.6 is 0 Å². The van der Waals surface area contributed by atoms with Crippen LogP contribution in [0.5, 0.6) is 0 Å². The van der Waals surface area contributed by atoms with Crippen molar-refractivity contribution < 1.29 is 4.79 Å². The number of amides is 1. The third kappa shape index (κ3) is 5.05. The number of nitrogens with two attached hydrogens (primary N) is 2. The molecule has 35 heavy (non-hydrogen) atoms. The molecule has 1 fully saturated rings. The quantitative estimate of drug-likeness (QED) is 0.525. The van der Waals surface area contributed by atoms with E-state index in [1.165, 1.54) is 16.8 Å². The molecular weight excluding hydrogens is 436 g/mol. The van der Waals surface area contributed by atoms with Crippen LogP contribution in [0.1, 0.15) is 32.6 Å². The lowest BCUT2D eigenvalue weighted by atomic mass is 9.98. The van der Waals surface area contributed by atoms with Gasteiger partial charge in [0.15, 0.2) is 0 Å². The van der Waals surface area contributed by atoms with Crippen molar-refractivity contribution in [2.75, 3.05) is 58.0 Å². The zero-order chi connectivity index (χ0) is 25.3. The SMILES string of the molecule is Cc1cc(/C(N)=C/c2c(-c3ccc(C(=O)N(C)C)cc3)c[nH]c2N)cc(C)c1N1CCN(C)CC1. The number of nitrogens with one attached hydrogen (secondary N) is 1. The van der Waals surface area contributed by atoms with Crippen LogP contribution in [0, 0.1) is 13.8 Å². The Bertz CT molecular complexity index is 1220. The van der Waals surface area contributed by atoms with Gasteiger partial charge in [0.2, 0.25) is 0 Å². The van der Waals surface area contributed by atoms with Crippen LogP contribution in [-0.2, 0) is 0 Å². The highest BCUT2D eigenvalue weighted by Crippen LogP contribution is 2.33. The third-order valence-corrected chi connectivity index (χ3v) is 6.75. The summed E-state index contributed by atoms with van der Waals surface area (Å²) in [6.07, 6.45) is 3.81. The molecule has 2 heterocycles. The molecule has 1 saturated heterocycles. The maximum Gasteiger partial charge on any atom is 0.253 e. The summed E-state index contributed by atoms with van der Waals surface area (Å²) >= 11 is 0. The van der Waals surface area contributed by atoms with E-state index in [1.807, 2.05) is 36.5 Å². The average molecular weight is 473 g/mol. The van der Waals surface area contributed by atoms with E-state index in [0.29, 0.717) is 17.1 Å². The van der Waals surface area contributed by atoms with E-state index in [9.17, 15) is 4.79 Å². The second kappa shape index (κ2) is 9.88. The number of nitrogen functional groups attached to an aromatic ring is 1. The number of aromatic amines is 1. The van der Waals surface area contributed by atoms with Gasteiger partial charge in [-0.05, 0) is 73.5 Å². The number of anilines is 2. The summed E-state index contributed by atoms with van der Waals surface area (Å²) in [6.45, 7) is 8.52. The van der Waals surface area contributed by atoms with Gasteiger partial charge >= 0.3 is 0 Å². The molecule has 0 radical (unpaired) electrons. The van der Waals surface area contributed by atoms with E-state index in [0.717, 1.165) is 48.4 Å². The Kier molecular flexibility index (Phi) is 6.89. The first kappa shape index (κ1) is 24.4. The van der Waals surface area contributed by atoms with Crippen LogP contribution in [-0.4, -0.2) is 68.0 Å². The maximum absolute atomic E-state index is 12.2. The second-order valence-electron chi connectivity index (χ2n) is 9.66. The minimum absolute atomic E-state index is 0.0275. The number of hydrogen-bond donors (Lipinski definition) is 3. The van der Waals surface area contributed by atoms with Gasteiger partial charge in [0.05, 0.1) is 0 Å². The molecule has 5 N–H and O–H groups in total. The number of hydrogen-bond acceptors (Lipinski definition) is 5. The molecule has 1 amide bonds. The summed E-state index contributed by atoms with van der Waals surface area (Å²) in [4.78, 5) is 21.8. The highest BCUT2D eigenvalue weighted by atomic mass is 16.2. The van der Waals surface area contributed by atoms with Crippen LogP contribution in [0.25, 0.3) is 22.9 Å². The number of aromatic nitrogens is 1. The van der Waals surface area contributed by atoms with E-state index in [1.54, 1.807) is 19.0 Å². The van der Waals surface area contributed by atoms with E-state index < -0.39 is 0 Å². The minimum Gasteiger partial charge on any atom is -0.398 e. The molecule has 2 aromatic carbocycles. The molecule has 7 heteroatoms. The zero-order valence-corrected chi connectivity index (χ0v) is 21.4. The monoisotopic (exact) mass is 472 g/mol. The number of carbonyl (C=O) groups is 1. The number of rotatable bonds is 5. The Morgan fingerprint density at radius 2 is 1.60 bits per heavy atom. The molecule has 1 aromatic heterocycles.